The molecule has 6 rings (SSSR count). The van der Waals surface area contributed by atoms with Crippen molar-refractivity contribution >= 4 is 28.4 Å². The Morgan fingerprint density at radius 3 is 1.72 bits per heavy atom. The Labute approximate surface area is 215 Å². The number of aromatic nitrogens is 2. The molecule has 4 aromatic carbocycles. The van der Waals surface area contributed by atoms with E-state index < -0.39 is 0 Å². The summed E-state index contributed by atoms with van der Waals surface area (Å²) in [7, 11) is 0. The van der Waals surface area contributed by atoms with E-state index in [1.165, 1.54) is 9.75 Å². The highest BCUT2D eigenvalue weighted by atomic mass is 32.1. The van der Waals surface area contributed by atoms with E-state index in [4.69, 9.17) is 4.98 Å². The summed E-state index contributed by atoms with van der Waals surface area (Å²) in [5, 5.41) is 0. The predicted molar refractivity (Wildman–Crippen MR) is 152 cm³/mol. The first-order chi connectivity index (χ1) is 17.8. The van der Waals surface area contributed by atoms with Gasteiger partial charge < -0.3 is 4.90 Å². The maximum Gasteiger partial charge on any atom is 0.155 e. The quantitative estimate of drug-likeness (QED) is 0.236. The topological polar surface area (TPSA) is 21.1 Å². The van der Waals surface area contributed by atoms with Crippen molar-refractivity contribution in [2.75, 3.05) is 4.90 Å². The van der Waals surface area contributed by atoms with E-state index in [1.807, 2.05) is 18.2 Å². The van der Waals surface area contributed by atoms with Crippen molar-refractivity contribution < 1.29 is 0 Å². The lowest BCUT2D eigenvalue weighted by Gasteiger charge is -2.25. The van der Waals surface area contributed by atoms with E-state index in [1.54, 1.807) is 11.3 Å². The van der Waals surface area contributed by atoms with Crippen LogP contribution in [-0.4, -0.2) is 9.55 Å². The number of nitrogens with zero attached hydrogens (tertiary/aromatic N) is 3. The lowest BCUT2D eigenvalue weighted by Crippen LogP contribution is -2.09. The smallest absolute Gasteiger partial charge is 0.155 e. The number of anilines is 3. The average molecular weight is 484 g/mol. The third kappa shape index (κ3) is 4.35. The van der Waals surface area contributed by atoms with E-state index in [9.17, 15) is 0 Å². The summed E-state index contributed by atoms with van der Waals surface area (Å²) < 4.78 is 2.19. The molecule has 4 heteroatoms. The Hall–Kier alpha value is -4.41. The van der Waals surface area contributed by atoms with Crippen LogP contribution in [0.5, 0.6) is 0 Å². The minimum atomic E-state index is 0.956. The van der Waals surface area contributed by atoms with E-state index in [0.717, 1.165) is 39.8 Å². The number of hydrogen-bond acceptors (Lipinski definition) is 3. The number of imidazole rings is 1. The molecule has 0 atom stereocenters. The molecule has 2 heterocycles. The fourth-order valence-electron chi connectivity index (χ4n) is 4.42. The third-order valence-electron chi connectivity index (χ3n) is 6.15. The van der Waals surface area contributed by atoms with Crippen molar-refractivity contribution in [3.05, 3.63) is 138 Å². The van der Waals surface area contributed by atoms with Gasteiger partial charge in [-0.1, -0.05) is 66.7 Å². The fraction of sp³-hybridized carbons (Fsp3) is 0.0312. The van der Waals surface area contributed by atoms with Crippen LogP contribution in [0.1, 0.15) is 4.88 Å². The maximum absolute atomic E-state index is 5.09. The third-order valence-corrected chi connectivity index (χ3v) is 7.15. The van der Waals surface area contributed by atoms with E-state index in [2.05, 4.69) is 132 Å². The first-order valence-electron chi connectivity index (χ1n) is 12.0. The molecule has 0 N–H and O–H groups in total. The van der Waals surface area contributed by atoms with Gasteiger partial charge >= 0.3 is 0 Å². The standard InChI is InChI=1S/C32H25N3S/c1-24-17-22-31(36-24)32-33-30(23-34(32)26-11-5-2-6-12-26)25-18-20-29(21-19-25)35(27-13-7-3-8-14-27)28-15-9-4-10-16-28/h2-23H,1H3. The van der Waals surface area contributed by atoms with Gasteiger partial charge in [0.15, 0.2) is 5.82 Å². The van der Waals surface area contributed by atoms with Gasteiger partial charge in [0.05, 0.1) is 10.6 Å². The second-order valence-electron chi connectivity index (χ2n) is 8.62. The summed E-state index contributed by atoms with van der Waals surface area (Å²) in [6.07, 6.45) is 2.14. The van der Waals surface area contributed by atoms with E-state index >= 15 is 0 Å². The molecule has 0 bridgehead atoms. The SMILES string of the molecule is Cc1ccc(-c2nc(-c3ccc(N(c4ccccc4)c4ccccc4)cc3)cn2-c2ccccc2)s1. The predicted octanol–water partition coefficient (Wildman–Crippen LogP) is 9.05. The number of thiophene rings is 1. The van der Waals surface area contributed by atoms with Gasteiger partial charge in [0.25, 0.3) is 0 Å². The molecule has 0 fully saturated rings. The number of aryl methyl sites for hydroxylation is 1. The van der Waals surface area contributed by atoms with Gasteiger partial charge in [-0.25, -0.2) is 4.98 Å². The van der Waals surface area contributed by atoms with Crippen LogP contribution in [0.15, 0.2) is 134 Å². The van der Waals surface area contributed by atoms with Crippen LogP contribution in [0.25, 0.3) is 27.6 Å². The van der Waals surface area contributed by atoms with Gasteiger partial charge in [0.2, 0.25) is 0 Å². The molecule has 0 aliphatic rings. The minimum Gasteiger partial charge on any atom is -0.311 e. The Morgan fingerprint density at radius 2 is 1.17 bits per heavy atom. The lowest BCUT2D eigenvalue weighted by molar-refractivity contribution is 1.07. The molecule has 0 spiro atoms. The van der Waals surface area contributed by atoms with Crippen LogP contribution in [-0.2, 0) is 0 Å². The fourth-order valence-corrected chi connectivity index (χ4v) is 5.27. The molecular formula is C32H25N3S. The summed E-state index contributed by atoms with van der Waals surface area (Å²) in [6.45, 7) is 2.13. The van der Waals surface area contributed by atoms with Crippen LogP contribution in [0.4, 0.5) is 17.1 Å². The first kappa shape index (κ1) is 22.1. The van der Waals surface area contributed by atoms with Gasteiger partial charge in [-0.05, 0) is 67.6 Å². The zero-order valence-electron chi connectivity index (χ0n) is 20.0. The van der Waals surface area contributed by atoms with Crippen molar-refractivity contribution in [1.29, 1.82) is 0 Å². The van der Waals surface area contributed by atoms with Crippen molar-refractivity contribution in [3.8, 4) is 27.6 Å². The first-order valence-corrected chi connectivity index (χ1v) is 12.8. The molecule has 0 aliphatic carbocycles. The molecule has 0 saturated carbocycles. The Balaban J connectivity index is 1.41. The Bertz CT molecular complexity index is 1530. The molecule has 0 unspecified atom stereocenters. The second-order valence-corrected chi connectivity index (χ2v) is 9.91. The average Bonchev–Trinajstić information content (AvgIpc) is 3.58. The molecule has 174 valence electrons. The normalized spacial score (nSPS) is 10.9. The van der Waals surface area contributed by atoms with Gasteiger partial charge in [-0.2, -0.15) is 0 Å². The largest absolute Gasteiger partial charge is 0.311 e. The molecule has 3 nitrogen and oxygen atoms in total. The second kappa shape index (κ2) is 9.68. The van der Waals surface area contributed by atoms with Crippen LogP contribution in [0.2, 0.25) is 0 Å². The van der Waals surface area contributed by atoms with Crippen molar-refractivity contribution in [2.45, 2.75) is 6.92 Å². The summed E-state index contributed by atoms with van der Waals surface area (Å²) >= 11 is 1.77. The highest BCUT2D eigenvalue weighted by molar-refractivity contribution is 7.15. The summed E-state index contributed by atoms with van der Waals surface area (Å²) in [4.78, 5) is 9.80. The Kier molecular flexibility index (Phi) is 5.94. The van der Waals surface area contributed by atoms with Gasteiger partial charge in [-0.3, -0.25) is 4.57 Å². The molecular weight excluding hydrogens is 458 g/mol. The molecule has 0 saturated heterocycles. The molecule has 0 amide bonds. The monoisotopic (exact) mass is 483 g/mol. The van der Waals surface area contributed by atoms with Crippen LogP contribution >= 0.6 is 11.3 Å². The van der Waals surface area contributed by atoms with Crippen LogP contribution < -0.4 is 4.90 Å². The molecule has 2 aromatic heterocycles. The number of rotatable bonds is 6. The van der Waals surface area contributed by atoms with Crippen LogP contribution in [0.3, 0.4) is 0 Å². The van der Waals surface area contributed by atoms with Gasteiger partial charge in [0, 0.05) is 39.4 Å². The van der Waals surface area contributed by atoms with Crippen molar-refractivity contribution in [2.24, 2.45) is 0 Å². The minimum absolute atomic E-state index is 0.956. The summed E-state index contributed by atoms with van der Waals surface area (Å²) in [5.41, 5.74) is 6.50. The van der Waals surface area contributed by atoms with Gasteiger partial charge in [0.1, 0.15) is 0 Å². The molecule has 36 heavy (non-hydrogen) atoms. The number of benzene rings is 4. The summed E-state index contributed by atoms with van der Waals surface area (Å²) in [5.74, 6) is 0.966. The zero-order valence-corrected chi connectivity index (χ0v) is 20.8. The molecule has 6 aromatic rings. The Morgan fingerprint density at radius 1 is 0.611 bits per heavy atom. The highest BCUT2D eigenvalue weighted by Crippen LogP contribution is 2.36. The lowest BCUT2D eigenvalue weighted by atomic mass is 10.1. The van der Waals surface area contributed by atoms with Crippen molar-refractivity contribution in [1.82, 2.24) is 9.55 Å². The van der Waals surface area contributed by atoms with Crippen LogP contribution in [0, 0.1) is 6.92 Å². The number of hydrogen-bond donors (Lipinski definition) is 0. The van der Waals surface area contributed by atoms with E-state index in [0.29, 0.717) is 0 Å². The van der Waals surface area contributed by atoms with Crippen molar-refractivity contribution in [3.63, 3.8) is 0 Å². The number of para-hydroxylation sites is 3. The van der Waals surface area contributed by atoms with E-state index in [-0.39, 0.29) is 0 Å². The maximum atomic E-state index is 5.09. The zero-order chi connectivity index (χ0) is 24.3. The molecule has 0 aliphatic heterocycles. The molecule has 0 radical (unpaired) electrons. The highest BCUT2D eigenvalue weighted by Gasteiger charge is 2.16. The van der Waals surface area contributed by atoms with Gasteiger partial charge in [-0.15, -0.1) is 11.3 Å². The summed E-state index contributed by atoms with van der Waals surface area (Å²) in [6, 6.07) is 44.3.